The summed E-state index contributed by atoms with van der Waals surface area (Å²) in [7, 11) is 0. The molecule has 1 saturated heterocycles. The smallest absolute Gasteiger partial charge is 0.0618 e. The Morgan fingerprint density at radius 2 is 2.13 bits per heavy atom. The molecule has 0 spiro atoms. The first-order valence-corrected chi connectivity index (χ1v) is 6.40. The van der Waals surface area contributed by atoms with Crippen molar-refractivity contribution in [1.29, 1.82) is 0 Å². The van der Waals surface area contributed by atoms with E-state index in [4.69, 9.17) is 0 Å². The summed E-state index contributed by atoms with van der Waals surface area (Å²) in [5.41, 5.74) is 0.103. The van der Waals surface area contributed by atoms with Gasteiger partial charge in [-0.25, -0.2) is 0 Å². The summed E-state index contributed by atoms with van der Waals surface area (Å²) >= 11 is 0. The highest BCUT2D eigenvalue weighted by Crippen LogP contribution is 2.45. The van der Waals surface area contributed by atoms with Crippen LogP contribution in [0.4, 0.5) is 0 Å². The molecule has 1 aliphatic heterocycles. The lowest BCUT2D eigenvalue weighted by molar-refractivity contribution is 0.0123. The lowest BCUT2D eigenvalue weighted by atomic mass is 9.88. The van der Waals surface area contributed by atoms with E-state index in [9.17, 15) is 5.11 Å². The van der Waals surface area contributed by atoms with Crippen molar-refractivity contribution in [3.05, 3.63) is 0 Å². The maximum Gasteiger partial charge on any atom is 0.0618 e. The Bertz CT molecular complexity index is 192. The predicted molar refractivity (Wildman–Crippen MR) is 61.9 cm³/mol. The Hall–Kier alpha value is -0.120. The number of nitrogens with one attached hydrogen (secondary N) is 1. The van der Waals surface area contributed by atoms with Gasteiger partial charge in [-0.3, -0.25) is 4.90 Å². The Balaban J connectivity index is 2.07. The van der Waals surface area contributed by atoms with Crippen LogP contribution in [0.2, 0.25) is 0 Å². The largest absolute Gasteiger partial charge is 0.394 e. The van der Waals surface area contributed by atoms with Crippen LogP contribution in [0, 0.1) is 5.92 Å². The van der Waals surface area contributed by atoms with Crippen molar-refractivity contribution >= 4 is 0 Å². The molecule has 1 heterocycles. The van der Waals surface area contributed by atoms with Gasteiger partial charge in [0.1, 0.15) is 0 Å². The molecule has 0 bridgehead atoms. The fourth-order valence-electron chi connectivity index (χ4n) is 3.02. The van der Waals surface area contributed by atoms with Gasteiger partial charge in [0.2, 0.25) is 0 Å². The second-order valence-corrected chi connectivity index (χ2v) is 4.98. The van der Waals surface area contributed by atoms with E-state index in [2.05, 4.69) is 17.1 Å². The molecule has 0 amide bonds. The monoisotopic (exact) mass is 212 g/mol. The van der Waals surface area contributed by atoms with E-state index in [1.54, 1.807) is 0 Å². The van der Waals surface area contributed by atoms with Gasteiger partial charge in [-0.15, -0.1) is 0 Å². The van der Waals surface area contributed by atoms with Crippen LogP contribution in [0.1, 0.15) is 32.6 Å². The van der Waals surface area contributed by atoms with Crippen molar-refractivity contribution in [2.24, 2.45) is 5.92 Å². The molecule has 0 aromatic heterocycles. The maximum absolute atomic E-state index is 9.77. The van der Waals surface area contributed by atoms with Crippen molar-refractivity contribution < 1.29 is 5.11 Å². The molecule has 0 aromatic carbocycles. The number of hydrogen-bond donors (Lipinski definition) is 2. The van der Waals surface area contributed by atoms with Crippen LogP contribution in [0.15, 0.2) is 0 Å². The Kier molecular flexibility index (Phi) is 3.65. The molecule has 1 aliphatic carbocycles. The second kappa shape index (κ2) is 4.81. The van der Waals surface area contributed by atoms with Gasteiger partial charge in [-0.2, -0.15) is 0 Å². The van der Waals surface area contributed by atoms with E-state index in [1.807, 2.05) is 0 Å². The first-order chi connectivity index (χ1) is 7.33. The fourth-order valence-corrected chi connectivity index (χ4v) is 3.02. The minimum absolute atomic E-state index is 0.103. The van der Waals surface area contributed by atoms with Gasteiger partial charge in [-0.05, 0) is 38.1 Å². The van der Waals surface area contributed by atoms with Crippen molar-refractivity contribution in [3.63, 3.8) is 0 Å². The molecule has 15 heavy (non-hydrogen) atoms. The van der Waals surface area contributed by atoms with E-state index in [1.165, 1.54) is 19.3 Å². The molecule has 1 unspecified atom stereocenters. The van der Waals surface area contributed by atoms with Gasteiger partial charge in [0.25, 0.3) is 0 Å². The number of hydrogen-bond acceptors (Lipinski definition) is 3. The summed E-state index contributed by atoms with van der Waals surface area (Å²) in [6.07, 6.45) is 4.94. The summed E-state index contributed by atoms with van der Waals surface area (Å²) in [6.45, 7) is 7.03. The van der Waals surface area contributed by atoms with E-state index < -0.39 is 0 Å². The molecule has 3 heteroatoms. The van der Waals surface area contributed by atoms with Crippen LogP contribution in [0.3, 0.4) is 0 Å². The summed E-state index contributed by atoms with van der Waals surface area (Å²) < 4.78 is 0. The second-order valence-electron chi connectivity index (χ2n) is 4.98. The number of aliphatic hydroxyl groups excluding tert-OH is 1. The summed E-state index contributed by atoms with van der Waals surface area (Å²) in [4.78, 5) is 2.55. The lowest BCUT2D eigenvalue weighted by Crippen LogP contribution is -2.54. The zero-order chi connectivity index (χ0) is 10.7. The van der Waals surface area contributed by atoms with E-state index in [0.717, 1.165) is 38.5 Å². The molecule has 0 aromatic rings. The highest BCUT2D eigenvalue weighted by atomic mass is 16.3. The van der Waals surface area contributed by atoms with Gasteiger partial charge in [0.05, 0.1) is 6.61 Å². The van der Waals surface area contributed by atoms with Gasteiger partial charge >= 0.3 is 0 Å². The molecule has 2 aliphatic rings. The molecule has 3 nitrogen and oxygen atoms in total. The third kappa shape index (κ3) is 2.19. The highest BCUT2D eigenvalue weighted by Gasteiger charge is 2.47. The highest BCUT2D eigenvalue weighted by molar-refractivity contribution is 5.02. The van der Waals surface area contributed by atoms with Crippen LogP contribution in [-0.2, 0) is 0 Å². The zero-order valence-electron chi connectivity index (χ0n) is 9.84. The topological polar surface area (TPSA) is 35.5 Å². The normalized spacial score (nSPS) is 28.4. The Labute approximate surface area is 92.8 Å². The molecular weight excluding hydrogens is 188 g/mol. The van der Waals surface area contributed by atoms with Crippen molar-refractivity contribution in [1.82, 2.24) is 10.2 Å². The average molecular weight is 212 g/mol. The van der Waals surface area contributed by atoms with Crippen molar-refractivity contribution in [3.8, 4) is 0 Å². The number of nitrogens with zero attached hydrogens (tertiary/aromatic N) is 1. The zero-order valence-corrected chi connectivity index (χ0v) is 9.84. The average Bonchev–Trinajstić information content (AvgIpc) is 3.07. The molecule has 0 radical (unpaired) electrons. The molecule has 2 fully saturated rings. The number of rotatable bonds is 4. The summed E-state index contributed by atoms with van der Waals surface area (Å²) in [5, 5.41) is 13.2. The van der Waals surface area contributed by atoms with E-state index in [0.29, 0.717) is 6.61 Å². The molecule has 2 N–H and O–H groups in total. The van der Waals surface area contributed by atoms with Crippen LogP contribution in [0.5, 0.6) is 0 Å². The van der Waals surface area contributed by atoms with E-state index >= 15 is 0 Å². The van der Waals surface area contributed by atoms with Crippen LogP contribution >= 0.6 is 0 Å². The standard InChI is InChI=1S/C12H24N2O/c1-2-12(10-15,11-4-5-11)14-8-3-6-13-7-9-14/h11,13,15H,2-10H2,1H3. The van der Waals surface area contributed by atoms with Crippen LogP contribution < -0.4 is 5.32 Å². The predicted octanol–water partition coefficient (Wildman–Crippen LogP) is 0.833. The fraction of sp³-hybridized carbons (Fsp3) is 1.00. The van der Waals surface area contributed by atoms with Crippen LogP contribution in [0.25, 0.3) is 0 Å². The minimum atomic E-state index is 0.103. The molecular formula is C12H24N2O. The first-order valence-electron chi connectivity index (χ1n) is 6.40. The van der Waals surface area contributed by atoms with Crippen molar-refractivity contribution in [2.45, 2.75) is 38.1 Å². The summed E-state index contributed by atoms with van der Waals surface area (Å²) in [6, 6.07) is 0. The molecule has 88 valence electrons. The van der Waals surface area contributed by atoms with Gasteiger partial charge in [0.15, 0.2) is 0 Å². The molecule has 1 saturated carbocycles. The first kappa shape index (κ1) is 11.4. The van der Waals surface area contributed by atoms with E-state index in [-0.39, 0.29) is 5.54 Å². The Morgan fingerprint density at radius 1 is 1.33 bits per heavy atom. The van der Waals surface area contributed by atoms with Gasteiger partial charge in [-0.1, -0.05) is 6.92 Å². The summed E-state index contributed by atoms with van der Waals surface area (Å²) in [5.74, 6) is 0.755. The molecule has 1 atom stereocenters. The van der Waals surface area contributed by atoms with Gasteiger partial charge < -0.3 is 10.4 Å². The Morgan fingerprint density at radius 3 is 2.73 bits per heavy atom. The maximum atomic E-state index is 9.77. The molecule has 2 rings (SSSR count). The van der Waals surface area contributed by atoms with Gasteiger partial charge in [0, 0.05) is 25.2 Å². The third-order valence-corrected chi connectivity index (χ3v) is 4.19. The third-order valence-electron chi connectivity index (χ3n) is 4.19. The SMILES string of the molecule is CCC(CO)(C1CC1)N1CCCNCC1. The van der Waals surface area contributed by atoms with Crippen LogP contribution in [-0.4, -0.2) is 48.3 Å². The quantitative estimate of drug-likeness (QED) is 0.724. The minimum Gasteiger partial charge on any atom is -0.394 e. The van der Waals surface area contributed by atoms with Crippen molar-refractivity contribution in [2.75, 3.05) is 32.8 Å². The number of aliphatic hydroxyl groups is 1. The lowest BCUT2D eigenvalue weighted by Gasteiger charge is -2.42.